The summed E-state index contributed by atoms with van der Waals surface area (Å²) < 4.78 is 2.00. The first-order valence-corrected chi connectivity index (χ1v) is 6.64. The normalized spacial score (nSPS) is 17.7. The molecule has 3 rings (SSSR count). The number of nitrogens with one attached hydrogen (secondary N) is 2. The van der Waals surface area contributed by atoms with Crippen LogP contribution in [-0.4, -0.2) is 28.4 Å². The van der Waals surface area contributed by atoms with Crippen LogP contribution in [-0.2, 0) is 0 Å². The number of benzene rings is 1. The number of anilines is 2. The van der Waals surface area contributed by atoms with Gasteiger partial charge >= 0.3 is 0 Å². The number of hydrogen-bond acceptors (Lipinski definition) is 4. The summed E-state index contributed by atoms with van der Waals surface area (Å²) in [6.07, 6.45) is 1.03. The van der Waals surface area contributed by atoms with Crippen LogP contribution in [0.25, 0.3) is 0 Å². The summed E-state index contributed by atoms with van der Waals surface area (Å²) >= 11 is 0. The van der Waals surface area contributed by atoms with E-state index >= 15 is 0 Å². The molecular formula is C14H19N5. The van der Waals surface area contributed by atoms with Gasteiger partial charge in [0, 0.05) is 13.6 Å². The van der Waals surface area contributed by atoms with Gasteiger partial charge in [-0.05, 0) is 31.4 Å². The van der Waals surface area contributed by atoms with E-state index in [1.807, 2.05) is 11.7 Å². The maximum atomic E-state index is 4.53. The van der Waals surface area contributed by atoms with E-state index in [4.69, 9.17) is 0 Å². The molecule has 0 spiro atoms. The molecule has 5 heteroatoms. The van der Waals surface area contributed by atoms with E-state index in [0.717, 1.165) is 18.9 Å². The van der Waals surface area contributed by atoms with E-state index in [1.54, 1.807) is 0 Å². The summed E-state index contributed by atoms with van der Waals surface area (Å²) in [4.78, 5) is 4.43. The molecule has 2 N–H and O–H groups in total. The van der Waals surface area contributed by atoms with Crippen molar-refractivity contribution in [2.75, 3.05) is 24.2 Å². The second-order valence-electron chi connectivity index (χ2n) is 5.04. The Labute approximate surface area is 113 Å². The Hall–Kier alpha value is -2.04. The molecule has 0 aliphatic carbocycles. The summed E-state index contributed by atoms with van der Waals surface area (Å²) in [6, 6.07) is 6.87. The van der Waals surface area contributed by atoms with Gasteiger partial charge in [0.05, 0.1) is 6.04 Å². The molecule has 0 fully saturated rings. The fourth-order valence-corrected chi connectivity index (χ4v) is 2.62. The van der Waals surface area contributed by atoms with E-state index in [1.165, 1.54) is 16.7 Å². The van der Waals surface area contributed by atoms with Crippen molar-refractivity contribution >= 4 is 11.9 Å². The molecule has 0 radical (unpaired) electrons. The van der Waals surface area contributed by atoms with E-state index in [2.05, 4.69) is 52.8 Å². The summed E-state index contributed by atoms with van der Waals surface area (Å²) in [5.41, 5.74) is 3.94. The lowest BCUT2D eigenvalue weighted by Gasteiger charge is -2.26. The minimum atomic E-state index is 0.269. The fraction of sp³-hybridized carbons (Fsp3) is 0.429. The first-order valence-electron chi connectivity index (χ1n) is 6.64. The molecule has 0 amide bonds. The van der Waals surface area contributed by atoms with Crippen molar-refractivity contribution in [1.29, 1.82) is 0 Å². The van der Waals surface area contributed by atoms with Crippen LogP contribution in [0.3, 0.4) is 0 Å². The molecule has 1 aliphatic rings. The highest BCUT2D eigenvalue weighted by molar-refractivity contribution is 5.41. The van der Waals surface area contributed by atoms with Gasteiger partial charge in [-0.25, -0.2) is 4.68 Å². The Balaban J connectivity index is 2.07. The first-order chi connectivity index (χ1) is 9.19. The van der Waals surface area contributed by atoms with Crippen LogP contribution in [0.5, 0.6) is 0 Å². The van der Waals surface area contributed by atoms with Gasteiger partial charge in [-0.2, -0.15) is 4.98 Å². The minimum Gasteiger partial charge on any atom is -0.356 e. The van der Waals surface area contributed by atoms with Crippen LogP contribution in [0.4, 0.5) is 11.9 Å². The molecule has 1 aliphatic heterocycles. The molecule has 100 valence electrons. The van der Waals surface area contributed by atoms with Gasteiger partial charge in [0.2, 0.25) is 11.9 Å². The zero-order chi connectivity index (χ0) is 13.4. The number of aryl methyl sites for hydroxylation is 2. The van der Waals surface area contributed by atoms with Crippen molar-refractivity contribution in [3.63, 3.8) is 0 Å². The highest BCUT2D eigenvalue weighted by Gasteiger charge is 2.25. The lowest BCUT2D eigenvalue weighted by atomic mass is 9.96. The lowest BCUT2D eigenvalue weighted by Crippen LogP contribution is -2.25. The molecule has 2 heterocycles. The Morgan fingerprint density at radius 3 is 3.00 bits per heavy atom. The monoisotopic (exact) mass is 257 g/mol. The van der Waals surface area contributed by atoms with Crippen molar-refractivity contribution in [2.24, 2.45) is 0 Å². The third-order valence-electron chi connectivity index (χ3n) is 3.64. The first kappa shape index (κ1) is 12.0. The van der Waals surface area contributed by atoms with Crippen LogP contribution in [0.1, 0.15) is 29.2 Å². The van der Waals surface area contributed by atoms with Crippen LogP contribution in [0.2, 0.25) is 0 Å². The minimum absolute atomic E-state index is 0.269. The van der Waals surface area contributed by atoms with Crippen molar-refractivity contribution in [1.82, 2.24) is 14.8 Å². The summed E-state index contributed by atoms with van der Waals surface area (Å²) in [7, 11) is 1.84. The van der Waals surface area contributed by atoms with Gasteiger partial charge in [0.1, 0.15) is 0 Å². The predicted octanol–water partition coefficient (Wildman–Crippen LogP) is 2.34. The molecule has 2 aromatic rings. The summed E-state index contributed by atoms with van der Waals surface area (Å²) in [5.74, 6) is 1.52. The van der Waals surface area contributed by atoms with E-state index in [9.17, 15) is 0 Å². The predicted molar refractivity (Wildman–Crippen MR) is 76.7 cm³/mol. The standard InChI is InChI=1S/C14H19N5/c1-9-4-5-10(2)11(8-9)12-6-7-16-14-17-13(15-3)18-19(12)14/h4-5,8,12H,6-7H2,1-3H3,(H2,15,16,17,18). The van der Waals surface area contributed by atoms with Gasteiger partial charge in [0.25, 0.3) is 0 Å². The average molecular weight is 257 g/mol. The van der Waals surface area contributed by atoms with Gasteiger partial charge < -0.3 is 10.6 Å². The summed E-state index contributed by atoms with van der Waals surface area (Å²) in [5, 5.41) is 10.8. The molecule has 19 heavy (non-hydrogen) atoms. The molecule has 1 atom stereocenters. The molecule has 0 bridgehead atoms. The maximum Gasteiger partial charge on any atom is 0.243 e. The maximum absolute atomic E-state index is 4.53. The zero-order valence-electron chi connectivity index (χ0n) is 11.6. The Morgan fingerprint density at radius 1 is 1.37 bits per heavy atom. The Kier molecular flexibility index (Phi) is 2.89. The van der Waals surface area contributed by atoms with Gasteiger partial charge in [-0.15, -0.1) is 5.10 Å². The number of nitrogens with zero attached hydrogens (tertiary/aromatic N) is 3. The van der Waals surface area contributed by atoms with Crippen molar-refractivity contribution < 1.29 is 0 Å². The third kappa shape index (κ3) is 2.05. The van der Waals surface area contributed by atoms with Crippen LogP contribution >= 0.6 is 0 Å². The lowest BCUT2D eigenvalue weighted by molar-refractivity contribution is 0.479. The third-order valence-corrected chi connectivity index (χ3v) is 3.64. The molecule has 1 aromatic heterocycles. The quantitative estimate of drug-likeness (QED) is 0.867. The van der Waals surface area contributed by atoms with Crippen molar-refractivity contribution in [3.05, 3.63) is 34.9 Å². The molecular weight excluding hydrogens is 238 g/mol. The largest absolute Gasteiger partial charge is 0.356 e. The van der Waals surface area contributed by atoms with Crippen molar-refractivity contribution in [3.8, 4) is 0 Å². The van der Waals surface area contributed by atoms with Gasteiger partial charge in [0.15, 0.2) is 0 Å². The van der Waals surface area contributed by atoms with E-state index in [-0.39, 0.29) is 6.04 Å². The van der Waals surface area contributed by atoms with Gasteiger partial charge in [-0.1, -0.05) is 23.8 Å². The van der Waals surface area contributed by atoms with Crippen LogP contribution in [0.15, 0.2) is 18.2 Å². The molecule has 1 unspecified atom stereocenters. The number of hydrogen-bond donors (Lipinski definition) is 2. The van der Waals surface area contributed by atoms with Gasteiger partial charge in [-0.3, -0.25) is 0 Å². The van der Waals surface area contributed by atoms with Crippen molar-refractivity contribution in [2.45, 2.75) is 26.3 Å². The topological polar surface area (TPSA) is 54.8 Å². The summed E-state index contributed by atoms with van der Waals surface area (Å²) in [6.45, 7) is 5.22. The second kappa shape index (κ2) is 4.57. The second-order valence-corrected chi connectivity index (χ2v) is 5.04. The highest BCUT2D eigenvalue weighted by atomic mass is 15.5. The zero-order valence-corrected chi connectivity index (χ0v) is 11.6. The molecule has 1 aromatic carbocycles. The van der Waals surface area contributed by atoms with E-state index in [0.29, 0.717) is 5.95 Å². The fourth-order valence-electron chi connectivity index (χ4n) is 2.62. The van der Waals surface area contributed by atoms with E-state index < -0.39 is 0 Å². The smallest absolute Gasteiger partial charge is 0.243 e. The number of rotatable bonds is 2. The SMILES string of the molecule is CNc1nc2n(n1)C(c1cc(C)ccc1C)CCN2. The Bertz CT molecular complexity index is 602. The van der Waals surface area contributed by atoms with Crippen LogP contribution < -0.4 is 10.6 Å². The highest BCUT2D eigenvalue weighted by Crippen LogP contribution is 2.31. The molecule has 5 nitrogen and oxygen atoms in total. The van der Waals surface area contributed by atoms with Crippen LogP contribution in [0, 0.1) is 13.8 Å². The molecule has 0 saturated carbocycles. The molecule has 0 saturated heterocycles. The number of fused-ring (bicyclic) bond motifs is 1. The Morgan fingerprint density at radius 2 is 2.21 bits per heavy atom. The average Bonchev–Trinajstić information content (AvgIpc) is 2.84. The number of aromatic nitrogens is 3.